The fraction of sp³-hybridized carbons (Fsp3) is 0.250. The lowest BCUT2D eigenvalue weighted by molar-refractivity contribution is 0.219. The van der Waals surface area contributed by atoms with Crippen molar-refractivity contribution in [2.24, 2.45) is 0 Å². The van der Waals surface area contributed by atoms with Gasteiger partial charge >= 0.3 is 0 Å². The number of aryl methyl sites for hydroxylation is 2. The van der Waals surface area contributed by atoms with E-state index < -0.39 is 6.10 Å². The second kappa shape index (κ2) is 6.10. The first kappa shape index (κ1) is 15.3. The van der Waals surface area contributed by atoms with E-state index in [0.717, 1.165) is 22.4 Å². The van der Waals surface area contributed by atoms with Gasteiger partial charge in [-0.1, -0.05) is 6.07 Å². The molecule has 1 N–H and O–H groups in total. The van der Waals surface area contributed by atoms with Crippen LogP contribution in [0.3, 0.4) is 0 Å². The smallest absolute Gasteiger partial charge is 0.124 e. The van der Waals surface area contributed by atoms with E-state index in [9.17, 15) is 9.50 Å². The summed E-state index contributed by atoms with van der Waals surface area (Å²) >= 11 is 2.03. The van der Waals surface area contributed by atoms with E-state index in [1.54, 1.807) is 13.2 Å². The third-order valence-electron chi connectivity index (χ3n) is 3.26. The van der Waals surface area contributed by atoms with Gasteiger partial charge in [-0.2, -0.15) is 0 Å². The molecule has 4 heteroatoms. The summed E-state index contributed by atoms with van der Waals surface area (Å²) in [4.78, 5) is 0. The first-order valence-corrected chi connectivity index (χ1v) is 7.30. The topological polar surface area (TPSA) is 29.5 Å². The Hall–Kier alpha value is -1.14. The monoisotopic (exact) mass is 386 g/mol. The molecule has 0 heterocycles. The largest absolute Gasteiger partial charge is 0.496 e. The van der Waals surface area contributed by atoms with E-state index in [-0.39, 0.29) is 5.82 Å². The molecule has 2 nitrogen and oxygen atoms in total. The van der Waals surface area contributed by atoms with Gasteiger partial charge in [0.15, 0.2) is 0 Å². The molecule has 0 saturated heterocycles. The highest BCUT2D eigenvalue weighted by Crippen LogP contribution is 2.31. The van der Waals surface area contributed by atoms with Crippen LogP contribution in [0.25, 0.3) is 0 Å². The lowest BCUT2D eigenvalue weighted by Gasteiger charge is -2.17. The fourth-order valence-electron chi connectivity index (χ4n) is 2.37. The maximum atomic E-state index is 13.1. The molecule has 20 heavy (non-hydrogen) atoms. The predicted molar refractivity (Wildman–Crippen MR) is 85.6 cm³/mol. The molecule has 0 spiro atoms. The standard InChI is InChI=1S/C16H16FIO2/c1-9-6-11(7-10(2)16(9)20-3)15(19)13-5-4-12(17)8-14(13)18/h4-8,15,19H,1-3H3. The molecular weight excluding hydrogens is 370 g/mol. The molecule has 2 aromatic rings. The van der Waals surface area contributed by atoms with E-state index in [4.69, 9.17) is 4.74 Å². The number of hydrogen-bond acceptors (Lipinski definition) is 2. The van der Waals surface area contributed by atoms with E-state index >= 15 is 0 Å². The van der Waals surface area contributed by atoms with Crippen LogP contribution in [-0.2, 0) is 0 Å². The molecule has 2 rings (SSSR count). The quantitative estimate of drug-likeness (QED) is 0.804. The van der Waals surface area contributed by atoms with Crippen molar-refractivity contribution in [1.82, 2.24) is 0 Å². The Bertz CT molecular complexity index is 617. The summed E-state index contributed by atoms with van der Waals surface area (Å²) in [6.07, 6.45) is -0.772. The number of benzene rings is 2. The van der Waals surface area contributed by atoms with Crippen LogP contribution >= 0.6 is 22.6 Å². The van der Waals surface area contributed by atoms with Gasteiger partial charge in [0.2, 0.25) is 0 Å². The molecule has 0 radical (unpaired) electrons. The molecule has 0 aromatic heterocycles. The predicted octanol–water partition coefficient (Wildman–Crippen LogP) is 4.14. The van der Waals surface area contributed by atoms with Crippen molar-refractivity contribution in [3.8, 4) is 5.75 Å². The zero-order valence-corrected chi connectivity index (χ0v) is 13.7. The van der Waals surface area contributed by atoms with Gasteiger partial charge < -0.3 is 9.84 Å². The molecule has 106 valence electrons. The summed E-state index contributed by atoms with van der Waals surface area (Å²) < 4.78 is 19.2. The Morgan fingerprint density at radius 2 is 1.75 bits per heavy atom. The van der Waals surface area contributed by atoms with Crippen molar-refractivity contribution in [2.75, 3.05) is 7.11 Å². The molecule has 1 unspecified atom stereocenters. The first-order valence-electron chi connectivity index (χ1n) is 6.22. The third kappa shape index (κ3) is 2.96. The van der Waals surface area contributed by atoms with Crippen molar-refractivity contribution in [3.05, 3.63) is 62.0 Å². The highest BCUT2D eigenvalue weighted by atomic mass is 127. The van der Waals surface area contributed by atoms with E-state index in [1.165, 1.54) is 12.1 Å². The van der Waals surface area contributed by atoms with E-state index in [0.29, 0.717) is 9.13 Å². The molecule has 0 aliphatic heterocycles. The van der Waals surface area contributed by atoms with Crippen LogP contribution in [0.5, 0.6) is 5.75 Å². The molecule has 0 fully saturated rings. The molecule has 0 saturated carbocycles. The molecular formula is C16H16FIO2. The maximum Gasteiger partial charge on any atom is 0.124 e. The number of halogens is 2. The zero-order valence-electron chi connectivity index (χ0n) is 11.6. The fourth-order valence-corrected chi connectivity index (χ4v) is 3.14. The van der Waals surface area contributed by atoms with Crippen molar-refractivity contribution in [2.45, 2.75) is 20.0 Å². The van der Waals surface area contributed by atoms with Crippen LogP contribution < -0.4 is 4.74 Å². The summed E-state index contributed by atoms with van der Waals surface area (Å²) in [7, 11) is 1.63. The van der Waals surface area contributed by atoms with Crippen LogP contribution in [-0.4, -0.2) is 12.2 Å². The van der Waals surface area contributed by atoms with E-state index in [1.807, 2.05) is 48.6 Å². The molecule has 0 amide bonds. The van der Waals surface area contributed by atoms with Gasteiger partial charge in [0, 0.05) is 3.57 Å². The molecule has 2 aromatic carbocycles. The second-order valence-electron chi connectivity index (χ2n) is 4.76. The summed E-state index contributed by atoms with van der Waals surface area (Å²) in [5, 5.41) is 10.5. The zero-order chi connectivity index (χ0) is 14.9. The van der Waals surface area contributed by atoms with Crippen LogP contribution in [0.15, 0.2) is 30.3 Å². The molecule has 0 aliphatic carbocycles. The van der Waals surface area contributed by atoms with Crippen molar-refractivity contribution in [1.29, 1.82) is 0 Å². The van der Waals surface area contributed by atoms with E-state index in [2.05, 4.69) is 0 Å². The normalized spacial score (nSPS) is 12.3. The second-order valence-corrected chi connectivity index (χ2v) is 5.92. The number of aliphatic hydroxyl groups is 1. The minimum Gasteiger partial charge on any atom is -0.496 e. The van der Waals surface area contributed by atoms with Crippen LogP contribution in [0.1, 0.15) is 28.4 Å². The van der Waals surface area contributed by atoms with Gasteiger partial charge in [-0.15, -0.1) is 0 Å². The van der Waals surface area contributed by atoms with Gasteiger partial charge in [-0.25, -0.2) is 4.39 Å². The highest BCUT2D eigenvalue weighted by Gasteiger charge is 2.16. The van der Waals surface area contributed by atoms with Gasteiger partial charge in [0.05, 0.1) is 7.11 Å². The lowest BCUT2D eigenvalue weighted by Crippen LogP contribution is -2.04. The number of rotatable bonds is 3. The maximum absolute atomic E-state index is 13.1. The SMILES string of the molecule is COc1c(C)cc(C(O)c2ccc(F)cc2I)cc1C. The first-order chi connectivity index (χ1) is 9.43. The minimum atomic E-state index is -0.772. The van der Waals surface area contributed by atoms with Crippen molar-refractivity contribution in [3.63, 3.8) is 0 Å². The average molecular weight is 386 g/mol. The summed E-state index contributed by atoms with van der Waals surface area (Å²) in [6, 6.07) is 8.20. The minimum absolute atomic E-state index is 0.299. The Morgan fingerprint density at radius 1 is 1.15 bits per heavy atom. The molecule has 1 atom stereocenters. The van der Waals surface area contributed by atoms with Crippen LogP contribution in [0.4, 0.5) is 4.39 Å². The number of ether oxygens (including phenoxy) is 1. The molecule has 0 aliphatic rings. The molecule has 0 bridgehead atoms. The number of methoxy groups -OCH3 is 1. The van der Waals surface area contributed by atoms with Gasteiger partial charge in [0.25, 0.3) is 0 Å². The lowest BCUT2D eigenvalue weighted by atomic mass is 9.97. The third-order valence-corrected chi connectivity index (χ3v) is 4.19. The van der Waals surface area contributed by atoms with Crippen LogP contribution in [0.2, 0.25) is 0 Å². The van der Waals surface area contributed by atoms with Gasteiger partial charge in [-0.05, 0) is 83.0 Å². The van der Waals surface area contributed by atoms with Crippen LogP contribution in [0, 0.1) is 23.2 Å². The van der Waals surface area contributed by atoms with Crippen molar-refractivity contribution >= 4 is 22.6 Å². The Kier molecular flexibility index (Phi) is 4.65. The Balaban J connectivity index is 2.45. The summed E-state index contributed by atoms with van der Waals surface area (Å²) in [6.45, 7) is 3.88. The Morgan fingerprint density at radius 3 is 2.25 bits per heavy atom. The number of hydrogen-bond donors (Lipinski definition) is 1. The summed E-state index contributed by atoms with van der Waals surface area (Å²) in [5.74, 6) is 0.530. The van der Waals surface area contributed by atoms with Gasteiger partial charge in [0.1, 0.15) is 17.7 Å². The summed E-state index contributed by atoms with van der Waals surface area (Å²) in [5.41, 5.74) is 3.43. The average Bonchev–Trinajstić information content (AvgIpc) is 2.37. The number of aliphatic hydroxyl groups excluding tert-OH is 1. The van der Waals surface area contributed by atoms with Crippen molar-refractivity contribution < 1.29 is 14.2 Å². The Labute approximate surface area is 131 Å². The highest BCUT2D eigenvalue weighted by molar-refractivity contribution is 14.1. The van der Waals surface area contributed by atoms with Gasteiger partial charge in [-0.3, -0.25) is 0 Å².